The normalized spacial score (nSPS) is 41.1. The van der Waals surface area contributed by atoms with Crippen LogP contribution in [0.2, 0.25) is 0 Å². The highest BCUT2D eigenvalue weighted by Crippen LogP contribution is 2.55. The summed E-state index contributed by atoms with van der Waals surface area (Å²) in [5, 5.41) is 0. The van der Waals surface area contributed by atoms with E-state index in [1.54, 1.807) is 13.8 Å². The summed E-state index contributed by atoms with van der Waals surface area (Å²) < 4.78 is 34.2. The van der Waals surface area contributed by atoms with Crippen LogP contribution in [0.4, 0.5) is 0 Å². The van der Waals surface area contributed by atoms with Crippen LogP contribution in [0.3, 0.4) is 0 Å². The molecule has 0 bridgehead atoms. The third-order valence-electron chi connectivity index (χ3n) is 3.89. The molecule has 0 amide bonds. The number of phosphoric ester groups is 1. The fourth-order valence-electron chi connectivity index (χ4n) is 3.46. The Hall–Kier alpha value is -0.0100. The van der Waals surface area contributed by atoms with E-state index in [1.165, 1.54) is 0 Å². The van der Waals surface area contributed by atoms with E-state index in [0.29, 0.717) is 12.8 Å². The maximum Gasteiger partial charge on any atom is 0.268 e. The summed E-state index contributed by atoms with van der Waals surface area (Å²) in [5.41, 5.74) is 5.16. The lowest BCUT2D eigenvalue weighted by molar-refractivity contribution is -0.242. The standard InChI is InChI=1S/C14H28NO6P/c1-8(2)18-12-11(15)7-14(6-10(5)19-13(12)14)21-22(16,17)20-9(3)4/h8-13H,6-7,15H2,1-5H3,(H,16,17)/p-1/t10-,11+,12+,13?,14?/m0/s1. The number of rotatable bonds is 6. The van der Waals surface area contributed by atoms with E-state index in [1.807, 2.05) is 20.8 Å². The highest BCUT2D eigenvalue weighted by atomic mass is 31.2. The predicted octanol–water partition coefficient (Wildman–Crippen LogP) is 1.34. The summed E-state index contributed by atoms with van der Waals surface area (Å²) >= 11 is 0. The van der Waals surface area contributed by atoms with E-state index in [-0.39, 0.29) is 24.4 Å². The fraction of sp³-hybridized carbons (Fsp3) is 1.00. The fourth-order valence-corrected chi connectivity index (χ4v) is 4.71. The molecule has 1 aliphatic heterocycles. The minimum Gasteiger partial charge on any atom is -0.756 e. The molecule has 2 aliphatic rings. The summed E-state index contributed by atoms with van der Waals surface area (Å²) in [5.74, 6) is 0. The van der Waals surface area contributed by atoms with Gasteiger partial charge in [-0.05, 0) is 41.0 Å². The maximum absolute atomic E-state index is 12.1. The van der Waals surface area contributed by atoms with E-state index in [2.05, 4.69) is 0 Å². The third kappa shape index (κ3) is 3.90. The lowest BCUT2D eigenvalue weighted by Gasteiger charge is -2.36. The van der Waals surface area contributed by atoms with Gasteiger partial charge in [0.05, 0.1) is 18.3 Å². The lowest BCUT2D eigenvalue weighted by Crippen LogP contribution is -2.44. The van der Waals surface area contributed by atoms with Gasteiger partial charge in [-0.15, -0.1) is 0 Å². The first-order chi connectivity index (χ1) is 10.0. The second-order valence-corrected chi connectivity index (χ2v) is 8.13. The van der Waals surface area contributed by atoms with Crippen molar-refractivity contribution >= 4 is 7.82 Å². The minimum absolute atomic E-state index is 0.0303. The monoisotopic (exact) mass is 336 g/mol. The molecule has 0 spiro atoms. The molecule has 2 N–H and O–H groups in total. The Bertz CT molecular complexity index is 445. The largest absolute Gasteiger partial charge is 0.756 e. The quantitative estimate of drug-likeness (QED) is 0.730. The van der Waals surface area contributed by atoms with Gasteiger partial charge in [0.2, 0.25) is 0 Å². The molecular weight excluding hydrogens is 309 g/mol. The first kappa shape index (κ1) is 18.3. The van der Waals surface area contributed by atoms with Crippen LogP contribution in [-0.4, -0.2) is 42.2 Å². The van der Waals surface area contributed by atoms with Gasteiger partial charge in [-0.25, -0.2) is 0 Å². The van der Waals surface area contributed by atoms with Crippen molar-refractivity contribution in [3.63, 3.8) is 0 Å². The molecule has 1 saturated carbocycles. The molecule has 1 aliphatic carbocycles. The van der Waals surface area contributed by atoms with E-state index in [9.17, 15) is 9.46 Å². The zero-order chi connectivity index (χ0) is 16.7. The highest BCUT2D eigenvalue weighted by molar-refractivity contribution is 7.45. The molecule has 130 valence electrons. The molecule has 22 heavy (non-hydrogen) atoms. The topological polar surface area (TPSA) is 103 Å². The van der Waals surface area contributed by atoms with E-state index >= 15 is 0 Å². The average molecular weight is 336 g/mol. The van der Waals surface area contributed by atoms with Crippen molar-refractivity contribution in [1.82, 2.24) is 0 Å². The number of fused-ring (bicyclic) bond motifs is 1. The second-order valence-electron chi connectivity index (χ2n) is 6.85. The van der Waals surface area contributed by atoms with Crippen molar-refractivity contribution in [2.45, 2.75) is 89.6 Å². The molecule has 7 nitrogen and oxygen atoms in total. The van der Waals surface area contributed by atoms with Crippen LogP contribution in [0.15, 0.2) is 0 Å². The molecule has 1 saturated heterocycles. The molecular formula is C14H27NO6P-. The molecule has 1 heterocycles. The smallest absolute Gasteiger partial charge is 0.268 e. The van der Waals surface area contributed by atoms with Crippen LogP contribution >= 0.6 is 7.82 Å². The van der Waals surface area contributed by atoms with E-state index in [0.717, 1.165) is 0 Å². The molecule has 8 heteroatoms. The number of hydrogen-bond acceptors (Lipinski definition) is 7. The van der Waals surface area contributed by atoms with Crippen molar-refractivity contribution < 1.29 is 28.0 Å². The lowest BCUT2D eigenvalue weighted by atomic mass is 9.96. The van der Waals surface area contributed by atoms with E-state index < -0.39 is 25.6 Å². The number of ether oxygens (including phenoxy) is 2. The highest BCUT2D eigenvalue weighted by Gasteiger charge is 2.61. The van der Waals surface area contributed by atoms with Gasteiger partial charge in [0.15, 0.2) is 0 Å². The Morgan fingerprint density at radius 1 is 1.27 bits per heavy atom. The number of nitrogens with two attached hydrogens (primary N) is 1. The molecule has 0 aromatic heterocycles. The first-order valence-electron chi connectivity index (χ1n) is 7.81. The molecule has 3 unspecified atom stereocenters. The third-order valence-corrected chi connectivity index (χ3v) is 5.16. The van der Waals surface area contributed by atoms with Crippen LogP contribution in [0, 0.1) is 0 Å². The maximum atomic E-state index is 12.1. The van der Waals surface area contributed by atoms with Crippen LogP contribution in [0.1, 0.15) is 47.5 Å². The van der Waals surface area contributed by atoms with Crippen LogP contribution in [0.25, 0.3) is 0 Å². The van der Waals surface area contributed by atoms with Gasteiger partial charge in [-0.1, -0.05) is 0 Å². The summed E-state index contributed by atoms with van der Waals surface area (Å²) in [6, 6.07) is -0.334. The number of hydrogen-bond donors (Lipinski definition) is 1. The van der Waals surface area contributed by atoms with Crippen molar-refractivity contribution in [2.24, 2.45) is 5.73 Å². The van der Waals surface area contributed by atoms with Gasteiger partial charge in [-0.3, -0.25) is 4.57 Å². The first-order valence-corrected chi connectivity index (χ1v) is 9.27. The van der Waals surface area contributed by atoms with Crippen LogP contribution < -0.4 is 10.6 Å². The Morgan fingerprint density at radius 2 is 1.91 bits per heavy atom. The molecule has 2 fully saturated rings. The molecule has 6 atom stereocenters. The van der Waals surface area contributed by atoms with Gasteiger partial charge in [0.1, 0.15) is 17.8 Å². The Labute approximate surface area is 132 Å². The average Bonchev–Trinajstić information content (AvgIpc) is 2.68. The minimum atomic E-state index is -4.43. The van der Waals surface area contributed by atoms with Gasteiger partial charge >= 0.3 is 0 Å². The molecule has 0 radical (unpaired) electrons. The van der Waals surface area contributed by atoms with Crippen LogP contribution in [0.5, 0.6) is 0 Å². The Kier molecular flexibility index (Phi) is 5.40. The SMILES string of the molecule is CC(C)O[C@H]1C2O[C@@H](C)CC2(OP(=O)([O-])OC(C)C)C[C@H]1N. The predicted molar refractivity (Wildman–Crippen MR) is 79.2 cm³/mol. The van der Waals surface area contributed by atoms with Gasteiger partial charge < -0.3 is 29.1 Å². The summed E-state index contributed by atoms with van der Waals surface area (Å²) in [7, 11) is -4.43. The molecule has 0 aromatic carbocycles. The molecule has 2 rings (SSSR count). The summed E-state index contributed by atoms with van der Waals surface area (Å²) in [6.07, 6.45) is -0.686. The van der Waals surface area contributed by atoms with Crippen molar-refractivity contribution in [1.29, 1.82) is 0 Å². The van der Waals surface area contributed by atoms with Crippen molar-refractivity contribution in [3.8, 4) is 0 Å². The van der Waals surface area contributed by atoms with Crippen molar-refractivity contribution in [3.05, 3.63) is 0 Å². The summed E-state index contributed by atoms with van der Waals surface area (Å²) in [6.45, 7) is 8.99. The molecule has 0 aromatic rings. The zero-order valence-corrected chi connectivity index (χ0v) is 14.7. The van der Waals surface area contributed by atoms with Gasteiger partial charge in [-0.2, -0.15) is 0 Å². The van der Waals surface area contributed by atoms with Crippen molar-refractivity contribution in [2.75, 3.05) is 0 Å². The Morgan fingerprint density at radius 3 is 2.45 bits per heavy atom. The Balaban J connectivity index is 2.21. The number of phosphoric acid groups is 1. The van der Waals surface area contributed by atoms with Gasteiger partial charge in [0.25, 0.3) is 7.82 Å². The summed E-state index contributed by atoms with van der Waals surface area (Å²) in [4.78, 5) is 12.1. The zero-order valence-electron chi connectivity index (χ0n) is 13.9. The van der Waals surface area contributed by atoms with E-state index in [4.69, 9.17) is 24.3 Å². The van der Waals surface area contributed by atoms with Crippen LogP contribution in [-0.2, 0) is 23.1 Å². The van der Waals surface area contributed by atoms with Gasteiger partial charge in [0, 0.05) is 12.5 Å². The second kappa shape index (κ2) is 6.48.